The molecule has 4 heteroatoms. The van der Waals surface area contributed by atoms with E-state index < -0.39 is 0 Å². The van der Waals surface area contributed by atoms with Crippen molar-refractivity contribution in [2.24, 2.45) is 5.73 Å². The molecule has 0 aromatic carbocycles. The lowest BCUT2D eigenvalue weighted by molar-refractivity contribution is -0.00482. The van der Waals surface area contributed by atoms with E-state index in [1.165, 1.54) is 0 Å². The number of hydrogen-bond acceptors (Lipinski definition) is 4. The van der Waals surface area contributed by atoms with Crippen LogP contribution in [0.25, 0.3) is 0 Å². The monoisotopic (exact) mass is 263 g/mol. The molecule has 1 saturated heterocycles. The molecule has 1 atom stereocenters. The van der Waals surface area contributed by atoms with E-state index in [-0.39, 0.29) is 5.60 Å². The van der Waals surface area contributed by atoms with Gasteiger partial charge in [-0.2, -0.15) is 0 Å². The maximum atomic E-state index is 5.78. The van der Waals surface area contributed by atoms with E-state index in [1.54, 1.807) is 7.11 Å². The third-order valence-electron chi connectivity index (χ3n) is 4.00. The van der Waals surface area contributed by atoms with Gasteiger partial charge in [0.15, 0.2) is 0 Å². The normalized spacial score (nSPS) is 23.7. The van der Waals surface area contributed by atoms with Gasteiger partial charge in [0.05, 0.1) is 5.60 Å². The zero-order valence-corrected chi connectivity index (χ0v) is 12.3. The largest absolute Gasteiger partial charge is 0.377 e. The summed E-state index contributed by atoms with van der Waals surface area (Å²) in [7, 11) is 1.80. The molecule has 1 aliphatic heterocycles. The van der Waals surface area contributed by atoms with Crippen molar-refractivity contribution in [2.75, 3.05) is 25.1 Å². The van der Waals surface area contributed by atoms with Crippen LogP contribution in [-0.2, 0) is 17.7 Å². The highest BCUT2D eigenvalue weighted by atomic mass is 16.5. The van der Waals surface area contributed by atoms with Crippen LogP contribution in [0.5, 0.6) is 0 Å². The molecule has 0 aliphatic carbocycles. The molecule has 4 nitrogen and oxygen atoms in total. The predicted octanol–water partition coefficient (Wildman–Crippen LogP) is 2.11. The Kier molecular flexibility index (Phi) is 4.42. The molecule has 0 saturated carbocycles. The van der Waals surface area contributed by atoms with Crippen molar-refractivity contribution in [3.8, 4) is 0 Å². The lowest BCUT2D eigenvalue weighted by Gasteiger charge is -2.40. The Morgan fingerprint density at radius 1 is 1.47 bits per heavy atom. The van der Waals surface area contributed by atoms with Crippen molar-refractivity contribution in [1.82, 2.24) is 4.98 Å². The van der Waals surface area contributed by atoms with E-state index in [4.69, 9.17) is 15.5 Å². The van der Waals surface area contributed by atoms with Crippen LogP contribution in [0.2, 0.25) is 0 Å². The first-order valence-corrected chi connectivity index (χ1v) is 7.10. The first-order valence-electron chi connectivity index (χ1n) is 7.10. The van der Waals surface area contributed by atoms with Gasteiger partial charge in [-0.05, 0) is 43.9 Å². The minimum Gasteiger partial charge on any atom is -0.377 e. The SMILES string of the molecule is CCc1cc(CN)cc(N2CCCC(C)(OC)C2)n1. The number of nitrogens with zero attached hydrogens (tertiary/aromatic N) is 2. The zero-order chi connectivity index (χ0) is 13.9. The van der Waals surface area contributed by atoms with Crippen LogP contribution >= 0.6 is 0 Å². The van der Waals surface area contributed by atoms with Gasteiger partial charge in [-0.1, -0.05) is 6.92 Å². The number of nitrogens with two attached hydrogens (primary N) is 1. The van der Waals surface area contributed by atoms with Crippen LogP contribution in [0.3, 0.4) is 0 Å². The van der Waals surface area contributed by atoms with Gasteiger partial charge in [-0.25, -0.2) is 4.98 Å². The Balaban J connectivity index is 2.25. The summed E-state index contributed by atoms with van der Waals surface area (Å²) in [5.74, 6) is 1.04. The van der Waals surface area contributed by atoms with Crippen LogP contribution in [0.15, 0.2) is 12.1 Å². The summed E-state index contributed by atoms with van der Waals surface area (Å²) in [6, 6.07) is 4.21. The highest BCUT2D eigenvalue weighted by molar-refractivity contribution is 5.44. The number of methoxy groups -OCH3 is 1. The van der Waals surface area contributed by atoms with Gasteiger partial charge in [0.1, 0.15) is 5.82 Å². The number of aromatic nitrogens is 1. The smallest absolute Gasteiger partial charge is 0.129 e. The fourth-order valence-electron chi connectivity index (χ4n) is 2.66. The first-order chi connectivity index (χ1) is 9.10. The van der Waals surface area contributed by atoms with Gasteiger partial charge in [0.25, 0.3) is 0 Å². The molecule has 0 spiro atoms. The third kappa shape index (κ3) is 3.25. The molecule has 1 aromatic heterocycles. The van der Waals surface area contributed by atoms with Crippen molar-refractivity contribution < 1.29 is 4.74 Å². The van der Waals surface area contributed by atoms with E-state index in [2.05, 4.69) is 30.9 Å². The second-order valence-corrected chi connectivity index (χ2v) is 5.56. The molecule has 1 aliphatic rings. The van der Waals surface area contributed by atoms with Crippen molar-refractivity contribution in [2.45, 2.75) is 45.3 Å². The summed E-state index contributed by atoms with van der Waals surface area (Å²) in [5, 5.41) is 0. The Hall–Kier alpha value is -1.13. The summed E-state index contributed by atoms with van der Waals surface area (Å²) < 4.78 is 5.65. The summed E-state index contributed by atoms with van der Waals surface area (Å²) in [5.41, 5.74) is 7.99. The highest BCUT2D eigenvalue weighted by Crippen LogP contribution is 2.27. The Bertz CT molecular complexity index is 413. The van der Waals surface area contributed by atoms with Crippen molar-refractivity contribution in [3.63, 3.8) is 0 Å². The highest BCUT2D eigenvalue weighted by Gasteiger charge is 2.31. The second kappa shape index (κ2) is 5.88. The lowest BCUT2D eigenvalue weighted by Crippen LogP contribution is -2.47. The van der Waals surface area contributed by atoms with Crippen molar-refractivity contribution >= 4 is 5.82 Å². The molecule has 1 fully saturated rings. The van der Waals surface area contributed by atoms with Gasteiger partial charge in [0, 0.05) is 32.4 Å². The van der Waals surface area contributed by atoms with Crippen molar-refractivity contribution in [1.29, 1.82) is 0 Å². The molecule has 2 N–H and O–H groups in total. The van der Waals surface area contributed by atoms with E-state index in [1.807, 2.05) is 0 Å². The summed E-state index contributed by atoms with van der Waals surface area (Å²) in [6.07, 6.45) is 3.19. The van der Waals surface area contributed by atoms with E-state index in [0.717, 1.165) is 49.4 Å². The van der Waals surface area contributed by atoms with E-state index >= 15 is 0 Å². The number of aryl methyl sites for hydroxylation is 1. The van der Waals surface area contributed by atoms with Gasteiger partial charge in [-0.3, -0.25) is 0 Å². The molecule has 0 radical (unpaired) electrons. The van der Waals surface area contributed by atoms with Crippen LogP contribution < -0.4 is 10.6 Å². The number of hydrogen-bond donors (Lipinski definition) is 1. The number of pyridine rings is 1. The second-order valence-electron chi connectivity index (χ2n) is 5.56. The Morgan fingerprint density at radius 2 is 2.26 bits per heavy atom. The standard InChI is InChI=1S/C15H25N3O/c1-4-13-8-12(10-16)9-14(17-13)18-7-5-6-15(2,11-18)19-3/h8-9H,4-7,10-11,16H2,1-3H3. The molecule has 106 valence electrons. The maximum Gasteiger partial charge on any atom is 0.129 e. The van der Waals surface area contributed by atoms with E-state index in [9.17, 15) is 0 Å². The molecule has 2 heterocycles. The molecule has 1 aromatic rings. The average molecular weight is 263 g/mol. The minimum atomic E-state index is -0.0645. The van der Waals surface area contributed by atoms with Crippen LogP contribution in [0.4, 0.5) is 5.82 Å². The maximum absolute atomic E-state index is 5.78. The Labute approximate surface area is 116 Å². The first kappa shape index (κ1) is 14.3. The lowest BCUT2D eigenvalue weighted by atomic mass is 9.94. The van der Waals surface area contributed by atoms with Crippen LogP contribution in [0, 0.1) is 0 Å². The molecule has 19 heavy (non-hydrogen) atoms. The van der Waals surface area contributed by atoms with E-state index in [0.29, 0.717) is 6.54 Å². The number of ether oxygens (including phenoxy) is 1. The topological polar surface area (TPSA) is 51.4 Å². The molecule has 2 rings (SSSR count). The molecule has 0 amide bonds. The van der Waals surface area contributed by atoms with Gasteiger partial charge < -0.3 is 15.4 Å². The third-order valence-corrected chi connectivity index (χ3v) is 4.00. The minimum absolute atomic E-state index is 0.0645. The number of anilines is 1. The zero-order valence-electron chi connectivity index (χ0n) is 12.3. The van der Waals surface area contributed by atoms with Gasteiger partial charge in [-0.15, -0.1) is 0 Å². The predicted molar refractivity (Wildman–Crippen MR) is 78.4 cm³/mol. The fourth-order valence-corrected chi connectivity index (χ4v) is 2.66. The molecular weight excluding hydrogens is 238 g/mol. The summed E-state index contributed by atoms with van der Waals surface area (Å²) in [6.45, 7) is 6.81. The number of piperidine rings is 1. The number of rotatable bonds is 4. The summed E-state index contributed by atoms with van der Waals surface area (Å²) in [4.78, 5) is 7.06. The Morgan fingerprint density at radius 3 is 2.89 bits per heavy atom. The van der Waals surface area contributed by atoms with Crippen LogP contribution in [0.1, 0.15) is 37.9 Å². The average Bonchev–Trinajstić information content (AvgIpc) is 2.46. The quantitative estimate of drug-likeness (QED) is 0.904. The van der Waals surface area contributed by atoms with Gasteiger partial charge in [0.2, 0.25) is 0 Å². The van der Waals surface area contributed by atoms with Crippen LogP contribution in [-0.4, -0.2) is 30.8 Å². The molecular formula is C15H25N3O. The molecule has 1 unspecified atom stereocenters. The summed E-state index contributed by atoms with van der Waals surface area (Å²) >= 11 is 0. The molecule has 0 bridgehead atoms. The van der Waals surface area contributed by atoms with Crippen molar-refractivity contribution in [3.05, 3.63) is 23.4 Å². The van der Waals surface area contributed by atoms with Gasteiger partial charge >= 0.3 is 0 Å². The fraction of sp³-hybridized carbons (Fsp3) is 0.667.